The molecule has 0 aromatic heterocycles. The third-order valence-electron chi connectivity index (χ3n) is 7.53. The van der Waals surface area contributed by atoms with Gasteiger partial charge in [0.2, 0.25) is 11.6 Å². The molecule has 0 bridgehead atoms. The molecule has 0 aliphatic heterocycles. The highest BCUT2D eigenvalue weighted by Crippen LogP contribution is 2.27. The van der Waals surface area contributed by atoms with Gasteiger partial charge in [-0.3, -0.25) is 9.59 Å². The Morgan fingerprint density at radius 2 is 1.02 bits per heavy atom. The van der Waals surface area contributed by atoms with Crippen LogP contribution in [0.25, 0.3) is 22.7 Å². The summed E-state index contributed by atoms with van der Waals surface area (Å²) in [6.45, 7) is 5.78. The minimum Gasteiger partial charge on any atom is -0.418 e. The van der Waals surface area contributed by atoms with Crippen LogP contribution in [0.15, 0.2) is 91.0 Å². The summed E-state index contributed by atoms with van der Waals surface area (Å²) in [4.78, 5) is 54.7. The van der Waals surface area contributed by atoms with Crippen LogP contribution in [-0.4, -0.2) is 23.5 Å². The first kappa shape index (κ1) is 26.8. The van der Waals surface area contributed by atoms with Crippen LogP contribution in [0.2, 0.25) is 0 Å². The lowest BCUT2D eigenvalue weighted by molar-refractivity contribution is -0.112. The van der Waals surface area contributed by atoms with E-state index in [9.17, 15) is 19.2 Å². The number of benzene rings is 4. The maximum Gasteiger partial charge on any atom is 0.343 e. The van der Waals surface area contributed by atoms with Crippen LogP contribution < -0.4 is 20.9 Å². The van der Waals surface area contributed by atoms with Gasteiger partial charge in [0, 0.05) is 21.6 Å². The second-order valence-electron chi connectivity index (χ2n) is 10.4. The van der Waals surface area contributed by atoms with Crippen molar-refractivity contribution < 1.29 is 28.7 Å². The van der Waals surface area contributed by atoms with Gasteiger partial charge in [-0.1, -0.05) is 78.7 Å². The number of carbonyl (C=O) groups is 4. The van der Waals surface area contributed by atoms with Crippen LogP contribution in [0.5, 0.6) is 0 Å². The average molecular weight is 555 g/mol. The lowest BCUT2D eigenvalue weighted by Gasteiger charge is -2.22. The molecule has 0 atom stereocenters. The Labute approximate surface area is 241 Å². The smallest absolute Gasteiger partial charge is 0.343 e. The van der Waals surface area contributed by atoms with Crippen LogP contribution in [0, 0.1) is 13.8 Å². The van der Waals surface area contributed by atoms with E-state index in [0.29, 0.717) is 38.4 Å². The number of ketones is 2. The Morgan fingerprint density at radius 3 is 1.52 bits per heavy atom. The fourth-order valence-electron chi connectivity index (χ4n) is 5.21. The second-order valence-corrected chi connectivity index (χ2v) is 10.4. The monoisotopic (exact) mass is 554 g/mol. The van der Waals surface area contributed by atoms with E-state index in [4.69, 9.17) is 9.47 Å². The van der Waals surface area contributed by atoms with Gasteiger partial charge in [-0.05, 0) is 66.6 Å². The van der Waals surface area contributed by atoms with Crippen molar-refractivity contribution in [1.82, 2.24) is 0 Å². The van der Waals surface area contributed by atoms with Crippen molar-refractivity contribution in [3.05, 3.63) is 140 Å². The molecule has 6 heteroatoms. The molecule has 0 heterocycles. The van der Waals surface area contributed by atoms with Gasteiger partial charge in [-0.15, -0.1) is 0 Å². The zero-order valence-corrected chi connectivity index (χ0v) is 23.3. The molecule has 2 aliphatic carbocycles. The van der Waals surface area contributed by atoms with Gasteiger partial charge >= 0.3 is 11.9 Å². The number of fused-ring (bicyclic) bond motifs is 3. The highest BCUT2D eigenvalue weighted by molar-refractivity contribution is 6.58. The molecule has 4 aromatic carbocycles. The number of ether oxygens (including phenoxy) is 2. The predicted molar refractivity (Wildman–Crippen MR) is 158 cm³/mol. The zero-order valence-electron chi connectivity index (χ0n) is 23.3. The maximum atomic E-state index is 14.2. The summed E-state index contributed by atoms with van der Waals surface area (Å²) in [6.07, 6.45) is 0.662. The van der Waals surface area contributed by atoms with E-state index in [2.05, 4.69) is 0 Å². The zero-order chi connectivity index (χ0) is 29.5. The minimum atomic E-state index is -0.680. The van der Waals surface area contributed by atoms with Crippen LogP contribution in [0.1, 0.15) is 44.3 Å². The molecule has 0 saturated heterocycles. The summed E-state index contributed by atoms with van der Waals surface area (Å²) >= 11 is 0. The summed E-state index contributed by atoms with van der Waals surface area (Å²) in [5.41, 5.74) is 3.66. The summed E-state index contributed by atoms with van der Waals surface area (Å²) in [5, 5.41) is 1.50. The highest BCUT2D eigenvalue weighted by Gasteiger charge is 2.37. The summed E-state index contributed by atoms with van der Waals surface area (Å²) in [5.74, 6) is -2.84. The van der Waals surface area contributed by atoms with Crippen LogP contribution in [-0.2, 0) is 25.5 Å². The Bertz CT molecular complexity index is 2080. The van der Waals surface area contributed by atoms with Crippen molar-refractivity contribution in [3.8, 4) is 0 Å². The van der Waals surface area contributed by atoms with Crippen molar-refractivity contribution in [2.45, 2.75) is 27.2 Å². The number of carbonyl (C=O) groups excluding carboxylic acids is 4. The molecule has 4 aromatic rings. The molecule has 0 saturated carbocycles. The first-order chi connectivity index (χ1) is 20.3. The number of hydrogen-bond acceptors (Lipinski definition) is 6. The summed E-state index contributed by atoms with van der Waals surface area (Å²) < 4.78 is 11.6. The molecule has 0 fully saturated rings. The standard InChI is InChI=1S/C36H26O6/c1-4-22-13-18-26-28(19-22)34(42-36(40)24-16-11-21(3)12-17-24)32(38)29-25-7-5-6-8-27(25)33(31(37)30(26)29)41-35(39)23-14-9-20(2)10-15-23/h5-19H,4H2,1-3H3. The minimum absolute atomic E-state index is 0.106. The van der Waals surface area contributed by atoms with E-state index in [1.54, 1.807) is 84.9 Å². The SMILES string of the molecule is CCc1ccc2c(c1)=C(OC(=O)c1ccc(C)cc1)C(=O)C1=c3ccccc3=C(OC(=O)c3ccc(C)cc3)C(=O)C=21. The molecule has 6 rings (SSSR count). The van der Waals surface area contributed by atoms with Crippen molar-refractivity contribution in [1.29, 1.82) is 0 Å². The number of rotatable bonds is 5. The van der Waals surface area contributed by atoms with Gasteiger partial charge in [-0.25, -0.2) is 9.59 Å². The van der Waals surface area contributed by atoms with E-state index in [-0.39, 0.29) is 22.7 Å². The fourth-order valence-corrected chi connectivity index (χ4v) is 5.21. The van der Waals surface area contributed by atoms with Crippen molar-refractivity contribution >= 4 is 46.2 Å². The van der Waals surface area contributed by atoms with Gasteiger partial charge in [0.05, 0.1) is 11.1 Å². The fraction of sp³-hybridized carbons (Fsp3) is 0.111. The van der Waals surface area contributed by atoms with Crippen molar-refractivity contribution in [2.24, 2.45) is 0 Å². The average Bonchev–Trinajstić information content (AvgIpc) is 3.00. The van der Waals surface area contributed by atoms with Crippen LogP contribution in [0.4, 0.5) is 0 Å². The first-order valence-electron chi connectivity index (χ1n) is 13.7. The molecule has 6 nitrogen and oxygen atoms in total. The van der Waals surface area contributed by atoms with E-state index in [1.807, 2.05) is 26.8 Å². The largest absolute Gasteiger partial charge is 0.418 e. The molecular formula is C36H26O6. The number of aryl methyl sites for hydroxylation is 3. The van der Waals surface area contributed by atoms with Gasteiger partial charge in [-0.2, -0.15) is 0 Å². The van der Waals surface area contributed by atoms with E-state index >= 15 is 0 Å². The molecule has 0 spiro atoms. The number of Topliss-reactive ketones (excluding diaryl/α,β-unsaturated/α-hetero) is 2. The van der Waals surface area contributed by atoms with Crippen molar-refractivity contribution in [3.63, 3.8) is 0 Å². The van der Waals surface area contributed by atoms with E-state index in [1.165, 1.54) is 0 Å². The molecule has 42 heavy (non-hydrogen) atoms. The molecule has 206 valence electrons. The Kier molecular flexibility index (Phi) is 6.75. The molecular weight excluding hydrogens is 528 g/mol. The molecule has 0 amide bonds. The Morgan fingerprint density at radius 1 is 0.571 bits per heavy atom. The predicted octanol–water partition coefficient (Wildman–Crippen LogP) is 2.96. The molecule has 0 N–H and O–H groups in total. The normalized spacial score (nSPS) is 13.8. The molecule has 2 aliphatic rings. The van der Waals surface area contributed by atoms with Crippen molar-refractivity contribution in [2.75, 3.05) is 0 Å². The highest BCUT2D eigenvalue weighted by atomic mass is 16.5. The molecule has 0 unspecified atom stereocenters. The Hall–Kier alpha value is -5.36. The van der Waals surface area contributed by atoms with E-state index < -0.39 is 23.5 Å². The van der Waals surface area contributed by atoms with Crippen LogP contribution >= 0.6 is 0 Å². The number of esters is 2. The quantitative estimate of drug-likeness (QED) is 0.353. The van der Waals surface area contributed by atoms with E-state index in [0.717, 1.165) is 16.7 Å². The lowest BCUT2D eigenvalue weighted by Crippen LogP contribution is -2.48. The topological polar surface area (TPSA) is 86.7 Å². The van der Waals surface area contributed by atoms with Gasteiger partial charge in [0.15, 0.2) is 11.5 Å². The van der Waals surface area contributed by atoms with Gasteiger partial charge in [0.25, 0.3) is 0 Å². The Balaban J connectivity index is 1.58. The first-order valence-corrected chi connectivity index (χ1v) is 13.7. The maximum absolute atomic E-state index is 14.2. The summed E-state index contributed by atoms with van der Waals surface area (Å²) in [6, 6.07) is 25.9. The summed E-state index contributed by atoms with van der Waals surface area (Å²) in [7, 11) is 0. The second kappa shape index (κ2) is 10.6. The third-order valence-corrected chi connectivity index (χ3v) is 7.53. The number of hydrogen-bond donors (Lipinski definition) is 0. The third kappa shape index (κ3) is 4.57. The molecule has 0 radical (unpaired) electrons. The lowest BCUT2D eigenvalue weighted by atomic mass is 9.83. The van der Waals surface area contributed by atoms with Crippen LogP contribution in [0.3, 0.4) is 0 Å². The van der Waals surface area contributed by atoms with Gasteiger partial charge < -0.3 is 9.47 Å². The van der Waals surface area contributed by atoms with Gasteiger partial charge in [0.1, 0.15) is 0 Å².